The maximum atomic E-state index is 11.9. The lowest BCUT2D eigenvalue weighted by atomic mass is 9.87. The smallest absolute Gasteiger partial charge is 0.346 e. The summed E-state index contributed by atoms with van der Waals surface area (Å²) in [5.41, 5.74) is -1.04. The van der Waals surface area contributed by atoms with Gasteiger partial charge in [0.2, 0.25) is 5.60 Å². The Morgan fingerprint density at radius 1 is 1.41 bits per heavy atom. The van der Waals surface area contributed by atoms with Crippen molar-refractivity contribution in [3.8, 4) is 0 Å². The molecule has 0 bridgehead atoms. The summed E-state index contributed by atoms with van der Waals surface area (Å²) in [6.45, 7) is -0.440. The molecular weight excluding hydrogens is 224 g/mol. The van der Waals surface area contributed by atoms with Crippen LogP contribution in [0.2, 0.25) is 0 Å². The second-order valence-electron chi connectivity index (χ2n) is 3.88. The average Bonchev–Trinajstić information content (AvgIpc) is 2.62. The Morgan fingerprint density at radius 3 is 2.53 bits per heavy atom. The number of rotatable bonds is 3. The predicted octanol–water partition coefficient (Wildman–Crippen LogP) is -0.193. The lowest BCUT2D eigenvalue weighted by molar-refractivity contribution is -0.162. The van der Waals surface area contributed by atoms with Crippen LogP contribution in [-0.2, 0) is 19.9 Å². The minimum Gasteiger partial charge on any atom is -0.455 e. The highest BCUT2D eigenvalue weighted by Gasteiger charge is 2.58. The number of carbonyl (C=O) groups excluding carboxylic acids is 1. The summed E-state index contributed by atoms with van der Waals surface area (Å²) in [5, 5.41) is 19.1. The van der Waals surface area contributed by atoms with Crippen molar-refractivity contribution >= 4 is 5.97 Å². The van der Waals surface area contributed by atoms with E-state index in [0.717, 1.165) is 0 Å². The fraction of sp³-hybridized carbons (Fsp3) is 0.417. The van der Waals surface area contributed by atoms with Gasteiger partial charge in [0.05, 0.1) is 6.61 Å². The summed E-state index contributed by atoms with van der Waals surface area (Å²) in [4.78, 5) is 11.9. The molecule has 0 radical (unpaired) electrons. The minimum absolute atomic E-state index is 0.440. The van der Waals surface area contributed by atoms with E-state index in [2.05, 4.69) is 0 Å². The number of hydrogen-bond acceptors (Lipinski definition) is 5. The first kappa shape index (κ1) is 12.0. The van der Waals surface area contributed by atoms with Gasteiger partial charge in [-0.25, -0.2) is 4.79 Å². The first-order valence-electron chi connectivity index (χ1n) is 5.27. The van der Waals surface area contributed by atoms with Crippen LogP contribution in [0.15, 0.2) is 30.3 Å². The largest absolute Gasteiger partial charge is 0.455 e. The van der Waals surface area contributed by atoms with E-state index in [1.165, 1.54) is 7.11 Å². The number of ether oxygens (including phenoxy) is 2. The fourth-order valence-corrected chi connectivity index (χ4v) is 2.11. The minimum atomic E-state index is -1.55. The molecule has 1 aliphatic rings. The van der Waals surface area contributed by atoms with Crippen LogP contribution in [0.5, 0.6) is 0 Å². The molecule has 5 heteroatoms. The topological polar surface area (TPSA) is 76.0 Å². The molecule has 0 aromatic heterocycles. The maximum absolute atomic E-state index is 11.9. The van der Waals surface area contributed by atoms with Crippen molar-refractivity contribution in [1.82, 2.24) is 0 Å². The van der Waals surface area contributed by atoms with Gasteiger partial charge in [-0.1, -0.05) is 30.3 Å². The van der Waals surface area contributed by atoms with Crippen molar-refractivity contribution in [2.45, 2.75) is 17.8 Å². The zero-order chi connectivity index (χ0) is 12.5. The standard InChI is InChI=1S/C12H14O5/c1-16-12(8-5-3-2-4-6-8)10(14)9(7-13)17-11(12)15/h2-6,9-10,13-14H,7H2,1H3/t9-,10-,12-/m1/s1. The third-order valence-electron chi connectivity index (χ3n) is 3.03. The monoisotopic (exact) mass is 238 g/mol. The van der Waals surface area contributed by atoms with Crippen LogP contribution in [0, 0.1) is 0 Å². The Balaban J connectivity index is 2.48. The highest BCUT2D eigenvalue weighted by atomic mass is 16.6. The molecule has 2 rings (SSSR count). The second kappa shape index (κ2) is 4.44. The number of esters is 1. The Morgan fingerprint density at radius 2 is 2.06 bits per heavy atom. The summed E-state index contributed by atoms with van der Waals surface area (Å²) in [6.07, 6.45) is -2.19. The zero-order valence-electron chi connectivity index (χ0n) is 9.37. The first-order chi connectivity index (χ1) is 8.16. The summed E-state index contributed by atoms with van der Waals surface area (Å²) >= 11 is 0. The normalized spacial score (nSPS) is 32.5. The molecular formula is C12H14O5. The molecule has 5 nitrogen and oxygen atoms in total. The van der Waals surface area contributed by atoms with Crippen molar-refractivity contribution in [3.63, 3.8) is 0 Å². The Labute approximate surface area is 98.6 Å². The molecule has 17 heavy (non-hydrogen) atoms. The lowest BCUT2D eigenvalue weighted by Gasteiger charge is -2.27. The van der Waals surface area contributed by atoms with E-state index in [4.69, 9.17) is 14.6 Å². The van der Waals surface area contributed by atoms with Crippen LogP contribution in [-0.4, -0.2) is 42.1 Å². The highest BCUT2D eigenvalue weighted by Crippen LogP contribution is 2.38. The van der Waals surface area contributed by atoms with E-state index in [-0.39, 0.29) is 0 Å². The molecule has 1 fully saturated rings. The first-order valence-corrected chi connectivity index (χ1v) is 5.27. The zero-order valence-corrected chi connectivity index (χ0v) is 9.37. The van der Waals surface area contributed by atoms with Gasteiger partial charge in [0.25, 0.3) is 0 Å². The van der Waals surface area contributed by atoms with E-state index in [1.54, 1.807) is 30.3 Å². The van der Waals surface area contributed by atoms with Gasteiger partial charge in [-0.3, -0.25) is 0 Å². The molecule has 0 spiro atoms. The third kappa shape index (κ3) is 1.63. The van der Waals surface area contributed by atoms with Gasteiger partial charge in [-0.15, -0.1) is 0 Å². The number of hydrogen-bond donors (Lipinski definition) is 2. The molecule has 1 saturated heterocycles. The van der Waals surface area contributed by atoms with Gasteiger partial charge < -0.3 is 19.7 Å². The number of benzene rings is 1. The second-order valence-corrected chi connectivity index (χ2v) is 3.88. The highest BCUT2D eigenvalue weighted by molar-refractivity contribution is 5.84. The molecule has 2 N–H and O–H groups in total. The third-order valence-corrected chi connectivity index (χ3v) is 3.03. The molecule has 0 unspecified atom stereocenters. The summed E-state index contributed by atoms with van der Waals surface area (Å²) in [5.74, 6) is -0.683. The van der Waals surface area contributed by atoms with E-state index >= 15 is 0 Å². The molecule has 1 aliphatic heterocycles. The van der Waals surface area contributed by atoms with Crippen LogP contribution >= 0.6 is 0 Å². The van der Waals surface area contributed by atoms with Gasteiger partial charge in [-0.2, -0.15) is 0 Å². The van der Waals surface area contributed by atoms with Gasteiger partial charge in [-0.05, 0) is 5.56 Å². The van der Waals surface area contributed by atoms with Crippen molar-refractivity contribution < 1.29 is 24.5 Å². The SMILES string of the molecule is CO[C@@]1(c2ccccc2)C(=O)O[C@H](CO)[C@H]1O. The van der Waals surface area contributed by atoms with Gasteiger partial charge in [0.15, 0.2) is 6.10 Å². The molecule has 0 amide bonds. The van der Waals surface area contributed by atoms with Crippen LogP contribution in [0.1, 0.15) is 5.56 Å². The number of aliphatic hydroxyl groups is 2. The molecule has 0 aliphatic carbocycles. The molecule has 1 aromatic rings. The van der Waals surface area contributed by atoms with E-state index < -0.39 is 30.4 Å². The van der Waals surface area contributed by atoms with Crippen LogP contribution in [0.25, 0.3) is 0 Å². The summed E-state index contributed by atoms with van der Waals surface area (Å²) in [7, 11) is 1.33. The molecule has 0 saturated carbocycles. The van der Waals surface area contributed by atoms with Gasteiger partial charge in [0, 0.05) is 7.11 Å². The number of aliphatic hydroxyl groups excluding tert-OH is 2. The fourth-order valence-electron chi connectivity index (χ4n) is 2.11. The summed E-state index contributed by atoms with van der Waals surface area (Å²) in [6, 6.07) is 8.62. The molecule has 1 heterocycles. The van der Waals surface area contributed by atoms with E-state index in [1.807, 2.05) is 0 Å². The Bertz CT molecular complexity index is 405. The molecule has 92 valence electrons. The van der Waals surface area contributed by atoms with Gasteiger partial charge >= 0.3 is 5.97 Å². The summed E-state index contributed by atoms with van der Waals surface area (Å²) < 4.78 is 10.1. The van der Waals surface area contributed by atoms with E-state index in [9.17, 15) is 9.90 Å². The number of cyclic esters (lactones) is 1. The quantitative estimate of drug-likeness (QED) is 0.714. The van der Waals surface area contributed by atoms with Crippen LogP contribution in [0.4, 0.5) is 0 Å². The molecule has 1 aromatic carbocycles. The van der Waals surface area contributed by atoms with Crippen molar-refractivity contribution in [2.24, 2.45) is 0 Å². The number of carbonyl (C=O) groups is 1. The maximum Gasteiger partial charge on any atom is 0.346 e. The van der Waals surface area contributed by atoms with Crippen molar-refractivity contribution in [3.05, 3.63) is 35.9 Å². The lowest BCUT2D eigenvalue weighted by Crippen LogP contribution is -2.45. The predicted molar refractivity (Wildman–Crippen MR) is 58.1 cm³/mol. The number of methoxy groups -OCH3 is 1. The van der Waals surface area contributed by atoms with Gasteiger partial charge in [0.1, 0.15) is 6.10 Å². The van der Waals surface area contributed by atoms with E-state index in [0.29, 0.717) is 5.56 Å². The van der Waals surface area contributed by atoms with Crippen LogP contribution in [0.3, 0.4) is 0 Å². The van der Waals surface area contributed by atoms with Crippen molar-refractivity contribution in [2.75, 3.05) is 13.7 Å². The Hall–Kier alpha value is -1.43. The van der Waals surface area contributed by atoms with Crippen molar-refractivity contribution in [1.29, 1.82) is 0 Å². The average molecular weight is 238 g/mol. The molecule has 3 atom stereocenters. The van der Waals surface area contributed by atoms with Crippen LogP contribution < -0.4 is 0 Å². The Kier molecular flexibility index (Phi) is 3.15.